The third-order valence-corrected chi connectivity index (χ3v) is 10.1. The standard InChI is InChI=1S/C36H32FN5O5S/c1-4-42(48(3,44)45)28-20-31-27(32(34-38-16-17-39-34)33(47-31)22-6-9-24(37)10-7-22)19-25(28)23-8-11-30(46-2)26(18-23)29(43)21-36(12-13-36)35-40-14-5-15-41-35/h5-11,14-20H,4,12-13,21H2,1-3H3,(H,38,39). The van der Waals surface area contributed by atoms with Gasteiger partial charge in [0.05, 0.1) is 30.2 Å². The van der Waals surface area contributed by atoms with Crippen molar-refractivity contribution in [2.45, 2.75) is 31.6 Å². The summed E-state index contributed by atoms with van der Waals surface area (Å²) in [4.78, 5) is 30.5. The maximum atomic E-state index is 14.0. The smallest absolute Gasteiger partial charge is 0.232 e. The van der Waals surface area contributed by atoms with E-state index < -0.39 is 15.4 Å². The average Bonchev–Trinajstić information content (AvgIpc) is 3.48. The molecule has 1 saturated carbocycles. The molecule has 0 spiro atoms. The normalized spacial score (nSPS) is 13.8. The van der Waals surface area contributed by atoms with Crippen LogP contribution in [0.5, 0.6) is 5.75 Å². The highest BCUT2D eigenvalue weighted by molar-refractivity contribution is 7.92. The maximum absolute atomic E-state index is 14.0. The molecule has 1 aliphatic carbocycles. The Morgan fingerprint density at radius 3 is 2.38 bits per heavy atom. The van der Waals surface area contributed by atoms with E-state index in [1.54, 1.807) is 74.2 Å². The summed E-state index contributed by atoms with van der Waals surface area (Å²) < 4.78 is 53.5. The number of ether oxygens (including phenoxy) is 1. The quantitative estimate of drug-likeness (QED) is 0.144. The zero-order chi connectivity index (χ0) is 33.6. The first-order chi connectivity index (χ1) is 23.1. The number of nitrogens with zero attached hydrogens (tertiary/aromatic N) is 4. The molecule has 10 nitrogen and oxygen atoms in total. The number of benzene rings is 3. The van der Waals surface area contributed by atoms with Crippen molar-refractivity contribution in [2.24, 2.45) is 0 Å². The number of ketones is 1. The van der Waals surface area contributed by atoms with Gasteiger partial charge in [-0.1, -0.05) is 6.07 Å². The van der Waals surface area contributed by atoms with Crippen LogP contribution >= 0.6 is 0 Å². The van der Waals surface area contributed by atoms with Crippen LogP contribution in [0.2, 0.25) is 0 Å². The molecule has 3 aromatic heterocycles. The van der Waals surface area contributed by atoms with E-state index in [2.05, 4.69) is 19.9 Å². The number of nitrogens with one attached hydrogen (secondary N) is 1. The van der Waals surface area contributed by atoms with Crippen molar-refractivity contribution in [1.29, 1.82) is 0 Å². The number of Topliss-reactive ketones (excluding diaryl/α,β-unsaturated/α-hetero) is 1. The molecule has 0 radical (unpaired) electrons. The number of fused-ring (bicyclic) bond motifs is 1. The summed E-state index contributed by atoms with van der Waals surface area (Å²) in [6.45, 7) is 1.90. The summed E-state index contributed by atoms with van der Waals surface area (Å²) in [5.41, 5.74) is 3.13. The molecule has 0 bridgehead atoms. The largest absolute Gasteiger partial charge is 0.496 e. The van der Waals surface area contributed by atoms with Gasteiger partial charge in [0.15, 0.2) is 5.78 Å². The SMILES string of the molecule is CCN(c1cc2oc(-c3ccc(F)cc3)c(-c3ncc[nH]3)c2cc1-c1ccc(OC)c(C(=O)CC2(c3ncccn3)CC2)c1)S(C)(=O)=O. The topological polar surface area (TPSA) is 131 Å². The van der Waals surface area contributed by atoms with Crippen LogP contribution in [-0.4, -0.2) is 54.0 Å². The molecule has 244 valence electrons. The van der Waals surface area contributed by atoms with Gasteiger partial charge in [-0.3, -0.25) is 9.10 Å². The van der Waals surface area contributed by atoms with E-state index in [1.807, 2.05) is 6.07 Å². The van der Waals surface area contributed by atoms with Crippen LogP contribution in [0.1, 0.15) is 42.4 Å². The third kappa shape index (κ3) is 5.62. The second kappa shape index (κ2) is 12.0. The first-order valence-corrected chi connectivity index (χ1v) is 17.3. The molecule has 0 atom stereocenters. The number of aromatic amines is 1. The molecule has 0 unspecified atom stereocenters. The number of imidazole rings is 1. The molecular formula is C36H32FN5O5S. The third-order valence-electron chi connectivity index (χ3n) is 8.81. The minimum atomic E-state index is -3.73. The number of carbonyl (C=O) groups excluding carboxylic acids is 1. The number of H-pyrrole nitrogens is 1. The van der Waals surface area contributed by atoms with E-state index in [1.165, 1.54) is 23.5 Å². The number of hydrogen-bond acceptors (Lipinski definition) is 8. The average molecular weight is 666 g/mol. The number of sulfonamides is 1. The van der Waals surface area contributed by atoms with Crippen LogP contribution in [-0.2, 0) is 15.4 Å². The number of rotatable bonds is 11. The summed E-state index contributed by atoms with van der Waals surface area (Å²) >= 11 is 0. The number of furan rings is 1. The summed E-state index contributed by atoms with van der Waals surface area (Å²) in [6, 6.07) is 16.5. The van der Waals surface area contributed by atoms with Gasteiger partial charge >= 0.3 is 0 Å². The highest BCUT2D eigenvalue weighted by atomic mass is 32.2. The fourth-order valence-electron chi connectivity index (χ4n) is 6.29. The van der Waals surface area contributed by atoms with E-state index in [9.17, 15) is 17.6 Å². The van der Waals surface area contributed by atoms with Gasteiger partial charge in [0.25, 0.3) is 0 Å². The molecule has 48 heavy (non-hydrogen) atoms. The molecule has 0 amide bonds. The van der Waals surface area contributed by atoms with Crippen molar-refractivity contribution in [3.63, 3.8) is 0 Å². The van der Waals surface area contributed by atoms with Crippen LogP contribution in [0.15, 0.2) is 89.9 Å². The number of carbonyl (C=O) groups is 1. The second-order valence-electron chi connectivity index (χ2n) is 11.9. The van der Waals surface area contributed by atoms with E-state index in [4.69, 9.17) is 9.15 Å². The van der Waals surface area contributed by atoms with E-state index >= 15 is 0 Å². The van der Waals surface area contributed by atoms with Crippen molar-refractivity contribution in [3.05, 3.63) is 103 Å². The van der Waals surface area contributed by atoms with Crippen molar-refractivity contribution in [2.75, 3.05) is 24.2 Å². The molecule has 1 aliphatic rings. The van der Waals surface area contributed by atoms with E-state index in [0.717, 1.165) is 19.1 Å². The van der Waals surface area contributed by atoms with Crippen molar-refractivity contribution in [3.8, 4) is 39.6 Å². The molecule has 0 aliphatic heterocycles. The van der Waals surface area contributed by atoms with Crippen molar-refractivity contribution >= 4 is 32.5 Å². The van der Waals surface area contributed by atoms with Gasteiger partial charge in [-0.15, -0.1) is 0 Å². The summed E-state index contributed by atoms with van der Waals surface area (Å²) in [5, 5.41) is 0.648. The molecule has 12 heteroatoms. The highest BCUT2D eigenvalue weighted by Crippen LogP contribution is 2.51. The molecule has 6 aromatic rings. The molecule has 1 N–H and O–H groups in total. The molecule has 0 saturated heterocycles. The number of methoxy groups -OCH3 is 1. The summed E-state index contributed by atoms with van der Waals surface area (Å²) in [6.07, 6.45) is 9.63. The van der Waals surface area contributed by atoms with Gasteiger partial charge in [-0.2, -0.15) is 0 Å². The van der Waals surface area contributed by atoms with Crippen LogP contribution < -0.4 is 9.04 Å². The Labute approximate surface area is 276 Å². The summed E-state index contributed by atoms with van der Waals surface area (Å²) in [7, 11) is -2.22. The van der Waals surface area contributed by atoms with Gasteiger partial charge in [-0.05, 0) is 73.9 Å². The zero-order valence-corrected chi connectivity index (χ0v) is 27.3. The summed E-state index contributed by atoms with van der Waals surface area (Å²) in [5.74, 6) is 1.49. The Hall–Kier alpha value is -5.36. The van der Waals surface area contributed by atoms with Crippen LogP contribution in [0, 0.1) is 5.82 Å². The molecule has 3 heterocycles. The minimum Gasteiger partial charge on any atom is -0.496 e. The fourth-order valence-corrected chi connectivity index (χ4v) is 7.27. The fraction of sp³-hybridized carbons (Fsp3) is 0.222. The van der Waals surface area contributed by atoms with Gasteiger partial charge in [0.1, 0.15) is 34.6 Å². The Morgan fingerprint density at radius 1 is 1.02 bits per heavy atom. The van der Waals surface area contributed by atoms with Crippen molar-refractivity contribution < 1.29 is 26.8 Å². The predicted molar refractivity (Wildman–Crippen MR) is 181 cm³/mol. The number of anilines is 1. The lowest BCUT2D eigenvalue weighted by Crippen LogP contribution is -2.29. The minimum absolute atomic E-state index is 0.130. The lowest BCUT2D eigenvalue weighted by atomic mass is 9.91. The van der Waals surface area contributed by atoms with Gasteiger partial charge < -0.3 is 14.1 Å². The van der Waals surface area contributed by atoms with Crippen LogP contribution in [0.3, 0.4) is 0 Å². The molecular weight excluding hydrogens is 633 g/mol. The Morgan fingerprint density at radius 2 is 1.75 bits per heavy atom. The molecule has 3 aromatic carbocycles. The number of aromatic nitrogens is 4. The van der Waals surface area contributed by atoms with E-state index in [0.29, 0.717) is 67.6 Å². The number of hydrogen-bond donors (Lipinski definition) is 1. The monoisotopic (exact) mass is 665 g/mol. The first-order valence-electron chi connectivity index (χ1n) is 15.4. The van der Waals surface area contributed by atoms with E-state index in [-0.39, 0.29) is 24.6 Å². The molecule has 1 fully saturated rings. The maximum Gasteiger partial charge on any atom is 0.232 e. The molecule has 7 rings (SSSR count). The second-order valence-corrected chi connectivity index (χ2v) is 13.8. The Kier molecular flexibility index (Phi) is 7.83. The first kappa shape index (κ1) is 31.3. The van der Waals surface area contributed by atoms with Gasteiger partial charge in [0.2, 0.25) is 10.0 Å². The van der Waals surface area contributed by atoms with Crippen LogP contribution in [0.25, 0.3) is 44.8 Å². The van der Waals surface area contributed by atoms with Gasteiger partial charge in [0, 0.05) is 65.7 Å². The Balaban J connectivity index is 1.43. The Bertz CT molecular complexity index is 2250. The zero-order valence-electron chi connectivity index (χ0n) is 26.5. The number of halogens is 1. The predicted octanol–water partition coefficient (Wildman–Crippen LogP) is 7.19. The highest BCUT2D eigenvalue weighted by Gasteiger charge is 2.48. The lowest BCUT2D eigenvalue weighted by Gasteiger charge is -2.24. The lowest BCUT2D eigenvalue weighted by molar-refractivity contribution is 0.0965. The van der Waals surface area contributed by atoms with Crippen molar-refractivity contribution in [1.82, 2.24) is 19.9 Å². The van der Waals surface area contributed by atoms with Crippen LogP contribution in [0.4, 0.5) is 10.1 Å². The van der Waals surface area contributed by atoms with Gasteiger partial charge in [-0.25, -0.2) is 27.8 Å².